The van der Waals surface area contributed by atoms with Gasteiger partial charge < -0.3 is 9.80 Å². The van der Waals surface area contributed by atoms with Crippen molar-refractivity contribution in [1.29, 1.82) is 0 Å². The highest BCUT2D eigenvalue weighted by Crippen LogP contribution is 2.34. The number of hydrogen-bond donors (Lipinski definition) is 0. The van der Waals surface area contributed by atoms with E-state index in [-0.39, 0.29) is 24.7 Å². The third-order valence-corrected chi connectivity index (χ3v) is 5.32. The zero-order chi connectivity index (χ0) is 22.8. The van der Waals surface area contributed by atoms with Crippen LogP contribution in [0.1, 0.15) is 22.5 Å². The van der Waals surface area contributed by atoms with E-state index in [1.807, 2.05) is 4.90 Å². The maximum Gasteiger partial charge on any atom is 0.434 e. The van der Waals surface area contributed by atoms with Crippen LogP contribution in [0, 0.1) is 0 Å². The van der Waals surface area contributed by atoms with E-state index in [0.717, 1.165) is 6.20 Å². The molecule has 2 aromatic rings. The number of nitrogens with zero attached hydrogens (tertiary/aromatic N) is 5. The standard InChI is InChI=1S/C20H23ClF3N5O2/c1-26(2)17(30)13-27-8-3-9-28(11-10-27)19(31)16-12-25-29(18(16)20(22,23)24)15-6-4-14(21)5-7-15/h4-7,12H,3,8-11,13H2,1-2H3. The first-order valence-corrected chi connectivity index (χ1v) is 10.1. The van der Waals surface area contributed by atoms with Gasteiger partial charge in [0.15, 0.2) is 5.69 Å². The van der Waals surface area contributed by atoms with Crippen LogP contribution in [0.25, 0.3) is 5.69 Å². The normalized spacial score (nSPS) is 15.6. The van der Waals surface area contributed by atoms with Gasteiger partial charge in [-0.15, -0.1) is 0 Å². The molecule has 0 radical (unpaired) electrons. The molecule has 0 aliphatic carbocycles. The molecule has 11 heteroatoms. The summed E-state index contributed by atoms with van der Waals surface area (Å²) in [6, 6.07) is 5.73. The lowest BCUT2D eigenvalue weighted by atomic mass is 10.2. The molecule has 2 amide bonds. The Morgan fingerprint density at radius 2 is 1.77 bits per heavy atom. The number of alkyl halides is 3. The number of carbonyl (C=O) groups excluding carboxylic acids is 2. The van der Waals surface area contributed by atoms with Crippen LogP contribution in [-0.4, -0.2) is 83.1 Å². The van der Waals surface area contributed by atoms with Gasteiger partial charge in [-0.3, -0.25) is 14.5 Å². The Morgan fingerprint density at radius 1 is 1.10 bits per heavy atom. The molecular formula is C20H23ClF3N5O2. The molecule has 1 aliphatic rings. The summed E-state index contributed by atoms with van der Waals surface area (Å²) in [5, 5.41) is 4.22. The molecule has 3 rings (SSSR count). The van der Waals surface area contributed by atoms with Gasteiger partial charge >= 0.3 is 6.18 Å². The zero-order valence-corrected chi connectivity index (χ0v) is 17.9. The summed E-state index contributed by atoms with van der Waals surface area (Å²) in [7, 11) is 3.32. The Morgan fingerprint density at radius 3 is 2.39 bits per heavy atom. The third-order valence-electron chi connectivity index (χ3n) is 5.07. The van der Waals surface area contributed by atoms with Crippen molar-refractivity contribution in [2.45, 2.75) is 12.6 Å². The number of amides is 2. The fourth-order valence-electron chi connectivity index (χ4n) is 3.39. The molecule has 31 heavy (non-hydrogen) atoms. The van der Waals surface area contributed by atoms with E-state index in [1.165, 1.54) is 34.1 Å². The van der Waals surface area contributed by atoms with Crippen LogP contribution < -0.4 is 0 Å². The van der Waals surface area contributed by atoms with Crippen LogP contribution in [-0.2, 0) is 11.0 Å². The summed E-state index contributed by atoms with van der Waals surface area (Å²) >= 11 is 5.82. The molecule has 0 spiro atoms. The Bertz CT molecular complexity index is 943. The Kier molecular flexibility index (Phi) is 6.90. The topological polar surface area (TPSA) is 61.7 Å². The van der Waals surface area contributed by atoms with Crippen molar-refractivity contribution in [3.63, 3.8) is 0 Å². The van der Waals surface area contributed by atoms with E-state index in [0.29, 0.717) is 35.8 Å². The maximum absolute atomic E-state index is 13.9. The second kappa shape index (κ2) is 9.27. The van der Waals surface area contributed by atoms with Crippen molar-refractivity contribution in [2.75, 3.05) is 46.8 Å². The monoisotopic (exact) mass is 457 g/mol. The summed E-state index contributed by atoms with van der Waals surface area (Å²) in [6.07, 6.45) is -3.27. The van der Waals surface area contributed by atoms with Gasteiger partial charge in [0.2, 0.25) is 5.91 Å². The van der Waals surface area contributed by atoms with Gasteiger partial charge in [0, 0.05) is 45.3 Å². The summed E-state index contributed by atoms with van der Waals surface area (Å²) in [5.74, 6) is -0.795. The highest BCUT2D eigenvalue weighted by atomic mass is 35.5. The van der Waals surface area contributed by atoms with Gasteiger partial charge in [-0.05, 0) is 30.7 Å². The Balaban J connectivity index is 1.83. The third kappa shape index (κ3) is 5.37. The smallest absolute Gasteiger partial charge is 0.348 e. The first-order valence-electron chi connectivity index (χ1n) is 9.71. The quantitative estimate of drug-likeness (QED) is 0.708. The van der Waals surface area contributed by atoms with Gasteiger partial charge in [0.05, 0.1) is 24.0 Å². The van der Waals surface area contributed by atoms with Gasteiger partial charge in [-0.1, -0.05) is 11.6 Å². The number of likely N-dealkylation sites (N-methyl/N-ethyl adjacent to an activating group) is 1. The summed E-state index contributed by atoms with van der Waals surface area (Å²) in [4.78, 5) is 29.7. The lowest BCUT2D eigenvalue weighted by molar-refractivity contribution is -0.143. The van der Waals surface area contributed by atoms with E-state index < -0.39 is 23.3 Å². The van der Waals surface area contributed by atoms with Crippen molar-refractivity contribution in [3.05, 3.63) is 46.7 Å². The van der Waals surface area contributed by atoms with Crippen molar-refractivity contribution >= 4 is 23.4 Å². The van der Waals surface area contributed by atoms with Gasteiger partial charge in [-0.2, -0.15) is 18.3 Å². The molecule has 1 saturated heterocycles. The number of benzene rings is 1. The number of aromatic nitrogens is 2. The SMILES string of the molecule is CN(C)C(=O)CN1CCCN(C(=O)c2cnn(-c3ccc(Cl)cc3)c2C(F)(F)F)CC1. The molecule has 1 aromatic carbocycles. The molecule has 0 N–H and O–H groups in total. The zero-order valence-electron chi connectivity index (χ0n) is 17.2. The predicted octanol–water partition coefficient (Wildman–Crippen LogP) is 2.78. The average molecular weight is 458 g/mol. The fraction of sp³-hybridized carbons (Fsp3) is 0.450. The lowest BCUT2D eigenvalue weighted by Gasteiger charge is -2.23. The summed E-state index contributed by atoms with van der Waals surface area (Å²) in [5.41, 5.74) is -1.47. The molecule has 168 valence electrons. The van der Waals surface area contributed by atoms with E-state index in [2.05, 4.69) is 5.10 Å². The number of halogens is 4. The molecule has 0 atom stereocenters. The van der Waals surface area contributed by atoms with Crippen molar-refractivity contribution in [3.8, 4) is 5.69 Å². The lowest BCUT2D eigenvalue weighted by Crippen LogP contribution is -2.39. The summed E-state index contributed by atoms with van der Waals surface area (Å²) in [6.45, 7) is 1.72. The van der Waals surface area contributed by atoms with Crippen molar-refractivity contribution in [1.82, 2.24) is 24.5 Å². The van der Waals surface area contributed by atoms with Gasteiger partial charge in [-0.25, -0.2) is 4.68 Å². The minimum atomic E-state index is -4.78. The van der Waals surface area contributed by atoms with E-state index in [9.17, 15) is 22.8 Å². The largest absolute Gasteiger partial charge is 0.434 e. The maximum atomic E-state index is 13.9. The van der Waals surface area contributed by atoms with Crippen LogP contribution in [0.5, 0.6) is 0 Å². The molecule has 2 heterocycles. The predicted molar refractivity (Wildman–Crippen MR) is 109 cm³/mol. The van der Waals surface area contributed by atoms with Crippen LogP contribution in [0.3, 0.4) is 0 Å². The summed E-state index contributed by atoms with van der Waals surface area (Å²) < 4.78 is 42.4. The number of rotatable bonds is 4. The Hall–Kier alpha value is -2.59. The molecule has 0 bridgehead atoms. The second-order valence-electron chi connectivity index (χ2n) is 7.50. The van der Waals surface area contributed by atoms with Crippen LogP contribution in [0.2, 0.25) is 5.02 Å². The first kappa shape index (κ1) is 23.1. The molecule has 0 unspecified atom stereocenters. The highest BCUT2D eigenvalue weighted by Gasteiger charge is 2.41. The van der Waals surface area contributed by atoms with E-state index >= 15 is 0 Å². The van der Waals surface area contributed by atoms with Gasteiger partial charge in [0.1, 0.15) is 0 Å². The van der Waals surface area contributed by atoms with Crippen molar-refractivity contribution < 1.29 is 22.8 Å². The van der Waals surface area contributed by atoms with Crippen LogP contribution in [0.4, 0.5) is 13.2 Å². The van der Waals surface area contributed by atoms with Crippen LogP contribution in [0.15, 0.2) is 30.5 Å². The molecule has 1 aliphatic heterocycles. The van der Waals surface area contributed by atoms with Crippen molar-refractivity contribution in [2.24, 2.45) is 0 Å². The Labute approximate surface area is 183 Å². The molecule has 1 aromatic heterocycles. The number of hydrogen-bond acceptors (Lipinski definition) is 4. The van der Waals surface area contributed by atoms with Crippen LogP contribution >= 0.6 is 11.6 Å². The molecule has 1 fully saturated rings. The fourth-order valence-corrected chi connectivity index (χ4v) is 3.52. The first-order chi connectivity index (χ1) is 14.6. The second-order valence-corrected chi connectivity index (χ2v) is 7.94. The average Bonchev–Trinajstić information content (AvgIpc) is 3.03. The van der Waals surface area contributed by atoms with E-state index in [4.69, 9.17) is 11.6 Å². The number of carbonyl (C=O) groups is 2. The minimum Gasteiger partial charge on any atom is -0.348 e. The van der Waals surface area contributed by atoms with Gasteiger partial charge in [0.25, 0.3) is 5.91 Å². The highest BCUT2D eigenvalue weighted by molar-refractivity contribution is 6.30. The minimum absolute atomic E-state index is 0.0663. The molecule has 7 nitrogen and oxygen atoms in total. The van der Waals surface area contributed by atoms with E-state index in [1.54, 1.807) is 14.1 Å². The molecular weight excluding hydrogens is 435 g/mol. The molecule has 0 saturated carbocycles.